The van der Waals surface area contributed by atoms with E-state index in [-0.39, 0.29) is 23.3 Å². The standard InChI is InChI=1S/C25H29F3N6O/c1-4-5-20(17-12-18(26)14-19(27)13-17)32(2)25(35)16-7-10-34(11-8-16)24-22(28)23(29-15-30-24)21-6-9-31-33(21)3/h6,9,12-16,20H,4-5,7-8,10-11H2,1-3H3. The van der Waals surface area contributed by atoms with Gasteiger partial charge in [0.15, 0.2) is 11.6 Å². The molecule has 1 aromatic carbocycles. The molecule has 35 heavy (non-hydrogen) atoms. The van der Waals surface area contributed by atoms with E-state index in [2.05, 4.69) is 15.1 Å². The predicted molar refractivity (Wildman–Crippen MR) is 126 cm³/mol. The van der Waals surface area contributed by atoms with Crippen LogP contribution in [0.1, 0.15) is 44.2 Å². The van der Waals surface area contributed by atoms with E-state index in [1.807, 2.05) is 11.8 Å². The zero-order valence-electron chi connectivity index (χ0n) is 20.1. The molecule has 0 spiro atoms. The molecule has 3 aromatic rings. The van der Waals surface area contributed by atoms with Crippen molar-refractivity contribution >= 4 is 11.7 Å². The van der Waals surface area contributed by atoms with Crippen LogP contribution in [0.15, 0.2) is 36.8 Å². The Morgan fingerprint density at radius 3 is 2.43 bits per heavy atom. The van der Waals surface area contributed by atoms with E-state index >= 15 is 4.39 Å². The van der Waals surface area contributed by atoms with Crippen LogP contribution < -0.4 is 4.90 Å². The maximum atomic E-state index is 15.3. The van der Waals surface area contributed by atoms with Crippen LogP contribution in [-0.2, 0) is 11.8 Å². The summed E-state index contributed by atoms with van der Waals surface area (Å²) < 4.78 is 44.5. The second-order valence-electron chi connectivity index (χ2n) is 8.92. The van der Waals surface area contributed by atoms with Crippen LogP contribution in [0.4, 0.5) is 19.0 Å². The molecule has 1 aliphatic rings. The molecule has 1 fully saturated rings. The zero-order chi connectivity index (χ0) is 25.1. The molecule has 1 aliphatic heterocycles. The van der Waals surface area contributed by atoms with Gasteiger partial charge in [-0.1, -0.05) is 13.3 Å². The van der Waals surface area contributed by atoms with Gasteiger partial charge in [0.2, 0.25) is 5.91 Å². The molecule has 1 atom stereocenters. The van der Waals surface area contributed by atoms with Gasteiger partial charge in [-0.2, -0.15) is 5.10 Å². The number of nitrogens with zero attached hydrogens (tertiary/aromatic N) is 6. The van der Waals surface area contributed by atoms with Gasteiger partial charge in [-0.3, -0.25) is 9.48 Å². The molecule has 0 bridgehead atoms. The number of piperidine rings is 1. The van der Waals surface area contributed by atoms with E-state index in [4.69, 9.17) is 0 Å². The molecule has 1 amide bonds. The van der Waals surface area contributed by atoms with Gasteiger partial charge in [-0.25, -0.2) is 23.1 Å². The Balaban J connectivity index is 1.46. The summed E-state index contributed by atoms with van der Waals surface area (Å²) in [6.07, 6.45) is 5.29. The van der Waals surface area contributed by atoms with Crippen molar-refractivity contribution in [3.8, 4) is 11.4 Å². The molecule has 186 valence electrons. The average Bonchev–Trinajstić information content (AvgIpc) is 3.27. The first kappa shape index (κ1) is 24.7. The average molecular weight is 487 g/mol. The summed E-state index contributed by atoms with van der Waals surface area (Å²) in [6.45, 7) is 2.88. The second kappa shape index (κ2) is 10.5. The summed E-state index contributed by atoms with van der Waals surface area (Å²) in [7, 11) is 3.40. The third-order valence-corrected chi connectivity index (χ3v) is 6.63. The van der Waals surface area contributed by atoms with Crippen LogP contribution in [-0.4, -0.2) is 50.7 Å². The number of aromatic nitrogens is 4. The third kappa shape index (κ3) is 5.16. The molecule has 1 unspecified atom stereocenters. The molecule has 10 heteroatoms. The molecule has 0 radical (unpaired) electrons. The van der Waals surface area contributed by atoms with Crippen LogP contribution in [0, 0.1) is 23.4 Å². The van der Waals surface area contributed by atoms with E-state index in [9.17, 15) is 13.6 Å². The van der Waals surface area contributed by atoms with Crippen molar-refractivity contribution in [2.24, 2.45) is 13.0 Å². The Bertz CT molecular complexity index is 1170. The van der Waals surface area contributed by atoms with Crippen molar-refractivity contribution in [2.75, 3.05) is 25.0 Å². The molecule has 7 nitrogen and oxygen atoms in total. The van der Waals surface area contributed by atoms with Crippen molar-refractivity contribution in [2.45, 2.75) is 38.6 Å². The SMILES string of the molecule is CCCC(c1cc(F)cc(F)c1)N(C)C(=O)C1CCN(c2ncnc(-c3ccnn3C)c2F)CC1. The number of rotatable bonds is 7. The van der Waals surface area contributed by atoms with Gasteiger partial charge < -0.3 is 9.80 Å². The van der Waals surface area contributed by atoms with Crippen molar-refractivity contribution in [1.29, 1.82) is 0 Å². The predicted octanol–water partition coefficient (Wildman–Crippen LogP) is 4.51. The first-order valence-corrected chi connectivity index (χ1v) is 11.8. The first-order chi connectivity index (χ1) is 16.8. The minimum atomic E-state index is -0.660. The quantitative estimate of drug-likeness (QED) is 0.492. The van der Waals surface area contributed by atoms with Gasteiger partial charge in [-0.05, 0) is 43.0 Å². The smallest absolute Gasteiger partial charge is 0.226 e. The molecular formula is C25H29F3N6O. The van der Waals surface area contributed by atoms with Gasteiger partial charge in [0.1, 0.15) is 23.7 Å². The number of hydrogen-bond donors (Lipinski definition) is 0. The summed E-state index contributed by atoms with van der Waals surface area (Å²) in [6, 6.07) is 4.67. The fraction of sp³-hybridized carbons (Fsp3) is 0.440. The highest BCUT2D eigenvalue weighted by Crippen LogP contribution is 2.32. The van der Waals surface area contributed by atoms with E-state index in [0.717, 1.165) is 12.5 Å². The molecule has 0 saturated carbocycles. The fourth-order valence-corrected chi connectivity index (χ4v) is 4.77. The minimum absolute atomic E-state index is 0.0773. The van der Waals surface area contributed by atoms with Crippen molar-refractivity contribution in [1.82, 2.24) is 24.6 Å². The monoisotopic (exact) mass is 486 g/mol. The van der Waals surface area contributed by atoms with Gasteiger partial charge in [-0.15, -0.1) is 0 Å². The fourth-order valence-electron chi connectivity index (χ4n) is 4.77. The van der Waals surface area contributed by atoms with Gasteiger partial charge >= 0.3 is 0 Å². The topological polar surface area (TPSA) is 67.2 Å². The van der Waals surface area contributed by atoms with Crippen molar-refractivity contribution < 1.29 is 18.0 Å². The summed E-state index contributed by atoms with van der Waals surface area (Å²) in [5.41, 5.74) is 1.18. The number of carbonyl (C=O) groups excluding carboxylic acids is 1. The highest BCUT2D eigenvalue weighted by Gasteiger charge is 2.32. The Labute approximate surface area is 202 Å². The number of amides is 1. The maximum absolute atomic E-state index is 15.3. The lowest BCUT2D eigenvalue weighted by molar-refractivity contribution is -0.137. The first-order valence-electron chi connectivity index (χ1n) is 11.8. The highest BCUT2D eigenvalue weighted by molar-refractivity contribution is 5.79. The van der Waals surface area contributed by atoms with Crippen molar-refractivity contribution in [3.05, 3.63) is 59.8 Å². The van der Waals surface area contributed by atoms with E-state index in [0.29, 0.717) is 43.6 Å². The van der Waals surface area contributed by atoms with Gasteiger partial charge in [0.05, 0.1) is 11.7 Å². The molecule has 0 N–H and O–H groups in total. The Kier molecular flexibility index (Phi) is 7.37. The second-order valence-corrected chi connectivity index (χ2v) is 8.92. The third-order valence-electron chi connectivity index (χ3n) is 6.63. The summed E-state index contributed by atoms with van der Waals surface area (Å²) in [5, 5.41) is 4.07. The molecule has 3 heterocycles. The summed E-state index contributed by atoms with van der Waals surface area (Å²) in [5.74, 6) is -1.98. The van der Waals surface area contributed by atoms with Gasteiger partial charge in [0.25, 0.3) is 0 Å². The number of aryl methyl sites for hydroxylation is 1. The number of benzene rings is 1. The van der Waals surface area contributed by atoms with Crippen molar-refractivity contribution in [3.63, 3.8) is 0 Å². The van der Waals surface area contributed by atoms with Crippen LogP contribution in [0.5, 0.6) is 0 Å². The van der Waals surface area contributed by atoms with Crippen LogP contribution >= 0.6 is 0 Å². The lowest BCUT2D eigenvalue weighted by Gasteiger charge is -2.36. The maximum Gasteiger partial charge on any atom is 0.226 e. The number of carbonyl (C=O) groups is 1. The Morgan fingerprint density at radius 2 is 1.83 bits per heavy atom. The van der Waals surface area contributed by atoms with E-state index in [1.165, 1.54) is 18.5 Å². The summed E-state index contributed by atoms with van der Waals surface area (Å²) in [4.78, 5) is 25.0. The molecular weight excluding hydrogens is 457 g/mol. The normalized spacial score (nSPS) is 15.3. The molecule has 0 aliphatic carbocycles. The Hall–Kier alpha value is -3.43. The number of hydrogen-bond acceptors (Lipinski definition) is 5. The Morgan fingerprint density at radius 1 is 1.14 bits per heavy atom. The largest absolute Gasteiger partial charge is 0.354 e. The minimum Gasteiger partial charge on any atom is -0.354 e. The van der Waals surface area contributed by atoms with Crippen LogP contribution in [0.25, 0.3) is 11.4 Å². The number of halogens is 3. The molecule has 1 saturated heterocycles. The molecule has 4 rings (SSSR count). The number of anilines is 1. The van der Waals surface area contributed by atoms with Crippen LogP contribution in [0.3, 0.4) is 0 Å². The highest BCUT2D eigenvalue weighted by atomic mass is 19.1. The zero-order valence-corrected chi connectivity index (χ0v) is 20.1. The molecule has 2 aromatic heterocycles. The van der Waals surface area contributed by atoms with Gasteiger partial charge in [0, 0.05) is 45.4 Å². The van der Waals surface area contributed by atoms with E-state index in [1.54, 1.807) is 35.9 Å². The van der Waals surface area contributed by atoms with E-state index < -0.39 is 23.5 Å². The lowest BCUT2D eigenvalue weighted by atomic mass is 9.93. The summed E-state index contributed by atoms with van der Waals surface area (Å²) >= 11 is 0. The lowest BCUT2D eigenvalue weighted by Crippen LogP contribution is -2.43. The van der Waals surface area contributed by atoms with Crippen LogP contribution in [0.2, 0.25) is 0 Å².